The van der Waals surface area contributed by atoms with Crippen molar-refractivity contribution in [1.29, 1.82) is 0 Å². The Hall–Kier alpha value is -4.08. The lowest BCUT2D eigenvalue weighted by atomic mass is 9.55. The highest BCUT2D eigenvalue weighted by Crippen LogP contribution is 2.61. The SMILES string of the molecule is C[C@]12CC[C@@H]3c4ccc(O)cc4CC[C@H]3[C@@H]1CCC2OCCCCN1CCN(C(=O)c2cc(Cc3n[nH]c(=O)c4ccccc34)ccc2F)CC1. The highest BCUT2D eigenvalue weighted by atomic mass is 19.1. The smallest absolute Gasteiger partial charge is 0.272 e. The second-order valence-electron chi connectivity index (χ2n) is 15.7. The maximum absolute atomic E-state index is 15.0. The van der Waals surface area contributed by atoms with Crippen molar-refractivity contribution in [1.82, 2.24) is 20.0 Å². The number of aromatic amines is 1. The van der Waals surface area contributed by atoms with Gasteiger partial charge < -0.3 is 14.7 Å². The molecule has 2 heterocycles. The minimum Gasteiger partial charge on any atom is -0.508 e. The molecule has 3 fully saturated rings. The van der Waals surface area contributed by atoms with Crippen LogP contribution in [0.5, 0.6) is 5.75 Å². The van der Waals surface area contributed by atoms with Crippen molar-refractivity contribution in [3.05, 3.63) is 105 Å². The summed E-state index contributed by atoms with van der Waals surface area (Å²) in [5, 5.41) is 18.1. The Balaban J connectivity index is 0.791. The van der Waals surface area contributed by atoms with Crippen molar-refractivity contribution < 1.29 is 19.0 Å². The van der Waals surface area contributed by atoms with Crippen molar-refractivity contribution in [2.75, 3.05) is 39.3 Å². The minimum absolute atomic E-state index is 0.0803. The summed E-state index contributed by atoms with van der Waals surface area (Å²) in [5.41, 5.74) is 4.36. The number of ether oxygens (including phenoxy) is 1. The molecule has 3 aromatic carbocycles. The lowest BCUT2D eigenvalue weighted by molar-refractivity contribution is -0.0649. The molecule has 1 aromatic heterocycles. The van der Waals surface area contributed by atoms with E-state index in [0.717, 1.165) is 68.8 Å². The van der Waals surface area contributed by atoms with Gasteiger partial charge in [-0.15, -0.1) is 0 Å². The quantitative estimate of drug-likeness (QED) is 0.187. The van der Waals surface area contributed by atoms with E-state index in [1.54, 1.807) is 23.1 Å². The molecule has 268 valence electrons. The molecule has 9 heteroatoms. The molecule has 0 bridgehead atoms. The van der Waals surface area contributed by atoms with E-state index in [4.69, 9.17) is 4.74 Å². The first kappa shape index (κ1) is 34.0. The molecule has 2 N–H and O–H groups in total. The zero-order valence-corrected chi connectivity index (χ0v) is 29.6. The zero-order chi connectivity index (χ0) is 35.1. The maximum Gasteiger partial charge on any atom is 0.272 e. The molecule has 0 radical (unpaired) electrons. The number of halogens is 1. The first-order chi connectivity index (χ1) is 24.8. The number of aromatic nitrogens is 2. The van der Waals surface area contributed by atoms with Crippen LogP contribution in [0.1, 0.15) is 90.5 Å². The van der Waals surface area contributed by atoms with Gasteiger partial charge in [0.25, 0.3) is 11.5 Å². The molecule has 4 aliphatic rings. The molecule has 1 amide bonds. The lowest BCUT2D eigenvalue weighted by Gasteiger charge is -2.50. The number of hydrogen-bond acceptors (Lipinski definition) is 6. The number of aromatic hydroxyl groups is 1. The summed E-state index contributed by atoms with van der Waals surface area (Å²) in [6.07, 6.45) is 9.94. The Morgan fingerprint density at radius 2 is 1.82 bits per heavy atom. The van der Waals surface area contributed by atoms with Crippen molar-refractivity contribution in [3.8, 4) is 5.75 Å². The third kappa shape index (κ3) is 6.59. The molecule has 1 saturated heterocycles. The van der Waals surface area contributed by atoms with Crippen molar-refractivity contribution in [2.45, 2.75) is 76.7 Å². The topological polar surface area (TPSA) is 98.8 Å². The van der Waals surface area contributed by atoms with Crippen LogP contribution < -0.4 is 5.56 Å². The number of nitrogens with one attached hydrogen (secondary N) is 1. The fourth-order valence-electron chi connectivity index (χ4n) is 10.1. The number of fused-ring (bicyclic) bond motifs is 6. The molecule has 5 atom stereocenters. The van der Waals surface area contributed by atoms with E-state index in [1.807, 2.05) is 30.3 Å². The van der Waals surface area contributed by atoms with Gasteiger partial charge in [-0.05, 0) is 128 Å². The maximum atomic E-state index is 15.0. The van der Waals surface area contributed by atoms with Crippen LogP contribution in [0.25, 0.3) is 10.8 Å². The first-order valence-electron chi connectivity index (χ1n) is 19.0. The molecule has 3 aliphatic carbocycles. The summed E-state index contributed by atoms with van der Waals surface area (Å²) in [7, 11) is 0. The Labute approximate surface area is 299 Å². The summed E-state index contributed by atoms with van der Waals surface area (Å²) in [6.45, 7) is 6.94. The van der Waals surface area contributed by atoms with E-state index < -0.39 is 5.82 Å². The number of phenolic OH excluding ortho intramolecular Hbond substituents is 1. The van der Waals surface area contributed by atoms with Crippen molar-refractivity contribution in [2.24, 2.45) is 17.3 Å². The molecule has 51 heavy (non-hydrogen) atoms. The molecule has 2 saturated carbocycles. The third-order valence-electron chi connectivity index (χ3n) is 12.9. The number of unbranched alkanes of at least 4 members (excludes halogenated alkanes) is 1. The number of rotatable bonds is 9. The van der Waals surface area contributed by atoms with E-state index in [2.05, 4.69) is 28.1 Å². The predicted molar refractivity (Wildman–Crippen MR) is 196 cm³/mol. The van der Waals surface area contributed by atoms with Crippen LogP contribution >= 0.6 is 0 Å². The van der Waals surface area contributed by atoms with Gasteiger partial charge in [-0.3, -0.25) is 14.5 Å². The van der Waals surface area contributed by atoms with E-state index in [0.29, 0.717) is 54.3 Å². The summed E-state index contributed by atoms with van der Waals surface area (Å²) in [4.78, 5) is 29.8. The van der Waals surface area contributed by atoms with Gasteiger partial charge in [-0.2, -0.15) is 5.10 Å². The van der Waals surface area contributed by atoms with E-state index in [9.17, 15) is 19.1 Å². The molecule has 1 aliphatic heterocycles. The van der Waals surface area contributed by atoms with Gasteiger partial charge in [0.1, 0.15) is 11.6 Å². The van der Waals surface area contributed by atoms with Crippen LogP contribution in [0.4, 0.5) is 4.39 Å². The number of carbonyl (C=O) groups excluding carboxylic acids is 1. The first-order valence-corrected chi connectivity index (χ1v) is 19.0. The van der Waals surface area contributed by atoms with Crippen LogP contribution in [-0.4, -0.2) is 76.4 Å². The number of amides is 1. The van der Waals surface area contributed by atoms with Gasteiger partial charge in [0.2, 0.25) is 0 Å². The fourth-order valence-corrected chi connectivity index (χ4v) is 10.1. The third-order valence-corrected chi connectivity index (χ3v) is 12.9. The van der Waals surface area contributed by atoms with Gasteiger partial charge in [0.15, 0.2) is 0 Å². The highest BCUT2D eigenvalue weighted by Gasteiger charge is 2.55. The van der Waals surface area contributed by atoms with E-state index >= 15 is 0 Å². The van der Waals surface area contributed by atoms with Crippen molar-refractivity contribution >= 4 is 16.7 Å². The van der Waals surface area contributed by atoms with Crippen LogP contribution in [0.15, 0.2) is 65.5 Å². The van der Waals surface area contributed by atoms with Crippen LogP contribution in [0.2, 0.25) is 0 Å². The molecule has 4 aromatic rings. The number of benzene rings is 3. The van der Waals surface area contributed by atoms with Crippen LogP contribution in [0, 0.1) is 23.1 Å². The fraction of sp³-hybridized carbons (Fsp3) is 0.500. The van der Waals surface area contributed by atoms with Crippen LogP contribution in [-0.2, 0) is 17.6 Å². The molecule has 8 nitrogen and oxygen atoms in total. The van der Waals surface area contributed by atoms with Crippen LogP contribution in [0.3, 0.4) is 0 Å². The molecule has 0 spiro atoms. The number of piperazine rings is 1. The van der Waals surface area contributed by atoms with Gasteiger partial charge >= 0.3 is 0 Å². The number of hydrogen-bond donors (Lipinski definition) is 2. The Kier molecular flexibility index (Phi) is 9.44. The number of phenols is 1. The second-order valence-corrected chi connectivity index (χ2v) is 15.7. The van der Waals surface area contributed by atoms with E-state index in [-0.39, 0.29) is 22.4 Å². The Morgan fingerprint density at radius 1 is 1.00 bits per heavy atom. The number of H-pyrrole nitrogens is 1. The van der Waals surface area contributed by atoms with Gasteiger partial charge in [0, 0.05) is 44.6 Å². The molecule has 8 rings (SSSR count). The molecule has 1 unspecified atom stereocenters. The predicted octanol–water partition coefficient (Wildman–Crippen LogP) is 6.84. The number of carbonyl (C=O) groups is 1. The second kappa shape index (κ2) is 14.2. The van der Waals surface area contributed by atoms with Gasteiger partial charge in [-0.25, -0.2) is 9.49 Å². The minimum atomic E-state index is -0.522. The van der Waals surface area contributed by atoms with E-state index in [1.165, 1.54) is 42.9 Å². The summed E-state index contributed by atoms with van der Waals surface area (Å²) in [5.74, 6) is 1.65. The highest BCUT2D eigenvalue weighted by molar-refractivity contribution is 5.95. The molecular weight excluding hydrogens is 643 g/mol. The number of nitrogens with zero attached hydrogens (tertiary/aromatic N) is 3. The van der Waals surface area contributed by atoms with Crippen molar-refractivity contribution in [3.63, 3.8) is 0 Å². The Bertz CT molecular complexity index is 1970. The average molecular weight is 693 g/mol. The summed E-state index contributed by atoms with van der Waals surface area (Å²) in [6, 6.07) is 18.0. The summed E-state index contributed by atoms with van der Waals surface area (Å²) < 4.78 is 21.6. The van der Waals surface area contributed by atoms with Gasteiger partial charge in [0.05, 0.1) is 22.7 Å². The monoisotopic (exact) mass is 692 g/mol. The normalized spacial score (nSPS) is 26.1. The zero-order valence-electron chi connectivity index (χ0n) is 29.6. The number of aryl methyl sites for hydroxylation is 1. The standard InChI is InChI=1S/C42H49FN4O4/c1-42-17-16-31-30-12-10-29(48)26-28(30)9-11-32(31)36(42)13-15-39(42)51-23-5-4-18-46-19-21-47(22-20-46)41(50)35-24-27(8-14-37(35)43)25-38-33-6-2-3-7-34(33)40(49)45-44-38/h2-3,6-8,10,12,14,24,26,31-32,36,39,48H,4-5,9,11,13,15-23,25H2,1H3,(H,45,49)/t31-,32-,36+,39?,42+/m1/s1. The lowest BCUT2D eigenvalue weighted by Crippen LogP contribution is -2.49. The molecular formula is C42H49FN4O4. The summed E-state index contributed by atoms with van der Waals surface area (Å²) >= 11 is 0. The largest absolute Gasteiger partial charge is 0.508 e. The Morgan fingerprint density at radius 3 is 2.67 bits per heavy atom. The average Bonchev–Trinajstić information content (AvgIpc) is 3.49. The van der Waals surface area contributed by atoms with Gasteiger partial charge in [-0.1, -0.05) is 37.3 Å².